The third-order valence-electron chi connectivity index (χ3n) is 2.64. The minimum atomic E-state index is -3.90. The molecule has 2 N–H and O–H groups in total. The van der Waals surface area contributed by atoms with Gasteiger partial charge in [-0.1, -0.05) is 6.07 Å². The molecule has 0 heterocycles. The second-order valence-electron chi connectivity index (χ2n) is 4.16. The predicted molar refractivity (Wildman–Crippen MR) is 85.0 cm³/mol. The number of anilines is 1. The molecule has 4 nitrogen and oxygen atoms in total. The average molecular weight is 439 g/mol. The number of aliphatic hydroxyl groups is 1. The van der Waals surface area contributed by atoms with Crippen LogP contribution in [0.15, 0.2) is 50.2 Å². The van der Waals surface area contributed by atoms with Gasteiger partial charge in [0.15, 0.2) is 0 Å². The summed E-state index contributed by atoms with van der Waals surface area (Å²) in [6.07, 6.45) is 0. The van der Waals surface area contributed by atoms with Crippen LogP contribution in [0.2, 0.25) is 0 Å². The molecule has 0 aliphatic carbocycles. The van der Waals surface area contributed by atoms with Gasteiger partial charge in [-0.25, -0.2) is 12.8 Å². The summed E-state index contributed by atoms with van der Waals surface area (Å²) in [5.41, 5.74) is 0.567. The minimum absolute atomic E-state index is 0.0302. The van der Waals surface area contributed by atoms with E-state index in [1.165, 1.54) is 24.3 Å². The van der Waals surface area contributed by atoms with Crippen LogP contribution in [-0.4, -0.2) is 13.5 Å². The van der Waals surface area contributed by atoms with E-state index in [1.807, 2.05) is 0 Å². The van der Waals surface area contributed by atoms with E-state index in [1.54, 1.807) is 6.07 Å². The van der Waals surface area contributed by atoms with E-state index in [9.17, 15) is 12.8 Å². The summed E-state index contributed by atoms with van der Waals surface area (Å²) in [5, 5.41) is 9.09. The molecule has 2 aromatic carbocycles. The van der Waals surface area contributed by atoms with Gasteiger partial charge in [-0.05, 0) is 67.8 Å². The zero-order valence-corrected chi connectivity index (χ0v) is 14.5. The molecule has 2 rings (SSSR count). The van der Waals surface area contributed by atoms with Crippen LogP contribution in [0, 0.1) is 5.82 Å². The molecule has 0 aromatic heterocycles. The fourth-order valence-corrected chi connectivity index (χ4v) is 3.93. The number of hydrogen-bond donors (Lipinski definition) is 2. The van der Waals surface area contributed by atoms with Crippen LogP contribution < -0.4 is 4.72 Å². The first-order chi connectivity index (χ1) is 9.83. The highest BCUT2D eigenvalue weighted by Gasteiger charge is 2.19. The molecular formula is C13H10Br2FNO3S. The summed E-state index contributed by atoms with van der Waals surface area (Å²) in [6.45, 7) is -0.275. The Balaban J connectivity index is 2.40. The van der Waals surface area contributed by atoms with Crippen LogP contribution in [0.3, 0.4) is 0 Å². The molecule has 0 bridgehead atoms. The SMILES string of the molecule is O=S(=O)(Nc1ccc(Br)c(F)c1)c1cc(CO)ccc1Br. The molecule has 0 spiro atoms. The topological polar surface area (TPSA) is 66.4 Å². The molecule has 8 heteroatoms. The summed E-state index contributed by atoms with van der Waals surface area (Å²) < 4.78 is 41.0. The molecule has 0 unspecified atom stereocenters. The molecule has 2 aromatic rings. The normalized spacial score (nSPS) is 11.4. The van der Waals surface area contributed by atoms with Gasteiger partial charge < -0.3 is 5.11 Å². The van der Waals surface area contributed by atoms with Crippen molar-refractivity contribution in [2.45, 2.75) is 11.5 Å². The van der Waals surface area contributed by atoms with Gasteiger partial charge in [0.25, 0.3) is 10.0 Å². The summed E-state index contributed by atoms with van der Waals surface area (Å²) in [7, 11) is -3.90. The first-order valence-electron chi connectivity index (χ1n) is 5.70. The van der Waals surface area contributed by atoms with Crippen molar-refractivity contribution in [2.24, 2.45) is 0 Å². The van der Waals surface area contributed by atoms with E-state index in [0.29, 0.717) is 10.0 Å². The number of sulfonamides is 1. The van der Waals surface area contributed by atoms with Crippen LogP contribution in [0.1, 0.15) is 5.56 Å². The first-order valence-corrected chi connectivity index (χ1v) is 8.77. The van der Waals surface area contributed by atoms with Crippen molar-refractivity contribution in [2.75, 3.05) is 4.72 Å². The maximum atomic E-state index is 13.4. The zero-order chi connectivity index (χ0) is 15.6. The molecule has 0 radical (unpaired) electrons. The molecule has 0 saturated carbocycles. The van der Waals surface area contributed by atoms with Crippen molar-refractivity contribution in [3.63, 3.8) is 0 Å². The van der Waals surface area contributed by atoms with Crippen molar-refractivity contribution in [1.82, 2.24) is 0 Å². The van der Waals surface area contributed by atoms with Gasteiger partial charge in [-0.15, -0.1) is 0 Å². The lowest BCUT2D eigenvalue weighted by Crippen LogP contribution is -2.14. The maximum Gasteiger partial charge on any atom is 0.263 e. The van der Waals surface area contributed by atoms with E-state index >= 15 is 0 Å². The second-order valence-corrected chi connectivity index (χ2v) is 7.52. The Labute approximate surface area is 138 Å². The largest absolute Gasteiger partial charge is 0.392 e. The molecule has 0 amide bonds. The van der Waals surface area contributed by atoms with Gasteiger partial charge in [0.1, 0.15) is 10.7 Å². The molecule has 0 atom stereocenters. The lowest BCUT2D eigenvalue weighted by molar-refractivity contribution is 0.281. The minimum Gasteiger partial charge on any atom is -0.392 e. The van der Waals surface area contributed by atoms with Gasteiger partial charge >= 0.3 is 0 Å². The lowest BCUT2D eigenvalue weighted by atomic mass is 10.2. The Hall–Kier alpha value is -0.960. The van der Waals surface area contributed by atoms with Crippen molar-refractivity contribution in [3.05, 3.63) is 56.7 Å². The second kappa shape index (κ2) is 6.43. The van der Waals surface area contributed by atoms with Crippen molar-refractivity contribution in [3.8, 4) is 0 Å². The fraction of sp³-hybridized carbons (Fsp3) is 0.0769. The van der Waals surface area contributed by atoms with Gasteiger partial charge in [0.2, 0.25) is 0 Å². The predicted octanol–water partition coefficient (Wildman–Crippen LogP) is 3.64. The number of aliphatic hydroxyl groups excluding tert-OH is 1. The first kappa shape index (κ1) is 16.4. The van der Waals surface area contributed by atoms with Gasteiger partial charge in [-0.2, -0.15) is 0 Å². The van der Waals surface area contributed by atoms with Crippen LogP contribution in [0.5, 0.6) is 0 Å². The average Bonchev–Trinajstić information content (AvgIpc) is 2.43. The highest BCUT2D eigenvalue weighted by Crippen LogP contribution is 2.27. The Kier molecular flexibility index (Phi) is 5.03. The Morgan fingerprint density at radius 3 is 2.38 bits per heavy atom. The molecule has 0 aliphatic heterocycles. The van der Waals surface area contributed by atoms with E-state index in [-0.39, 0.29) is 21.7 Å². The van der Waals surface area contributed by atoms with E-state index in [2.05, 4.69) is 36.6 Å². The molecule has 0 saturated heterocycles. The van der Waals surface area contributed by atoms with E-state index in [4.69, 9.17) is 5.11 Å². The fourth-order valence-electron chi connectivity index (χ4n) is 1.62. The van der Waals surface area contributed by atoms with E-state index < -0.39 is 15.8 Å². The summed E-state index contributed by atoms with van der Waals surface area (Å²) in [4.78, 5) is -0.0302. The Morgan fingerprint density at radius 2 is 1.76 bits per heavy atom. The standard InChI is InChI=1S/C13H10Br2FNO3S/c14-10-4-2-9(6-12(10)16)17-21(19,20)13-5-8(7-18)1-3-11(13)15/h1-6,17-18H,7H2. The number of benzene rings is 2. The quantitative estimate of drug-likeness (QED) is 0.765. The van der Waals surface area contributed by atoms with Crippen LogP contribution in [0.4, 0.5) is 10.1 Å². The highest BCUT2D eigenvalue weighted by atomic mass is 79.9. The molecule has 21 heavy (non-hydrogen) atoms. The summed E-state index contributed by atoms with van der Waals surface area (Å²) >= 11 is 6.15. The Morgan fingerprint density at radius 1 is 1.10 bits per heavy atom. The Bertz CT molecular complexity index is 781. The summed E-state index contributed by atoms with van der Waals surface area (Å²) in [6, 6.07) is 8.40. The van der Waals surface area contributed by atoms with Gasteiger partial charge in [-0.3, -0.25) is 4.72 Å². The smallest absolute Gasteiger partial charge is 0.263 e. The van der Waals surface area contributed by atoms with Crippen LogP contribution in [-0.2, 0) is 16.6 Å². The molecule has 0 fully saturated rings. The van der Waals surface area contributed by atoms with Crippen molar-refractivity contribution < 1.29 is 17.9 Å². The number of hydrogen-bond acceptors (Lipinski definition) is 3. The third kappa shape index (κ3) is 3.82. The molecule has 0 aliphatic rings. The third-order valence-corrected chi connectivity index (χ3v) is 5.66. The number of nitrogens with one attached hydrogen (secondary N) is 1. The zero-order valence-electron chi connectivity index (χ0n) is 10.5. The molecular weight excluding hydrogens is 429 g/mol. The van der Waals surface area contributed by atoms with Crippen LogP contribution in [0.25, 0.3) is 0 Å². The van der Waals surface area contributed by atoms with Crippen LogP contribution >= 0.6 is 31.9 Å². The highest BCUT2D eigenvalue weighted by molar-refractivity contribution is 9.10. The maximum absolute atomic E-state index is 13.4. The van der Waals surface area contributed by atoms with Gasteiger partial charge in [0.05, 0.1) is 16.8 Å². The molecule has 112 valence electrons. The monoisotopic (exact) mass is 437 g/mol. The summed E-state index contributed by atoms with van der Waals surface area (Å²) in [5.74, 6) is -0.571. The van der Waals surface area contributed by atoms with E-state index in [0.717, 1.165) is 6.07 Å². The number of halogens is 3. The lowest BCUT2D eigenvalue weighted by Gasteiger charge is -2.11. The van der Waals surface area contributed by atoms with Crippen molar-refractivity contribution in [1.29, 1.82) is 0 Å². The van der Waals surface area contributed by atoms with Gasteiger partial charge in [0, 0.05) is 4.47 Å². The van der Waals surface area contributed by atoms with Crippen molar-refractivity contribution >= 4 is 47.6 Å². The number of rotatable bonds is 4.